The molecule has 0 saturated carbocycles. The molecule has 7 heavy (non-hydrogen) atoms. The van der Waals surface area contributed by atoms with Crippen LogP contribution in [0.5, 0.6) is 0 Å². The summed E-state index contributed by atoms with van der Waals surface area (Å²) in [6, 6.07) is 0. The van der Waals surface area contributed by atoms with E-state index in [1.54, 1.807) is 0 Å². The van der Waals surface area contributed by atoms with Crippen molar-refractivity contribution in [3.05, 3.63) is 0 Å². The van der Waals surface area contributed by atoms with Gasteiger partial charge in [0.15, 0.2) is 0 Å². The van der Waals surface area contributed by atoms with Crippen LogP contribution in [0.15, 0.2) is 0 Å². The molecule has 0 aromatic heterocycles. The summed E-state index contributed by atoms with van der Waals surface area (Å²) in [5, 5.41) is 0. The Morgan fingerprint density at radius 2 is 1.86 bits per heavy atom. The summed E-state index contributed by atoms with van der Waals surface area (Å²) in [7, 11) is -3.66. The van der Waals surface area contributed by atoms with Gasteiger partial charge in [0.05, 0.1) is 5.75 Å². The third kappa shape index (κ3) is 11.2. The van der Waals surface area contributed by atoms with Crippen LogP contribution in [0.2, 0.25) is 0 Å². The maximum atomic E-state index is 9.56. The first-order valence-electron chi connectivity index (χ1n) is 1.51. The van der Waals surface area contributed by atoms with Crippen molar-refractivity contribution >= 4 is 10.1 Å². The molecular formula is C2H7KO3S. The Bertz CT molecular complexity index is 119. The van der Waals surface area contributed by atoms with Gasteiger partial charge in [0.1, 0.15) is 0 Å². The molecule has 5 heteroatoms. The molecule has 0 aliphatic heterocycles. The molecule has 0 radical (unpaired) electrons. The van der Waals surface area contributed by atoms with Gasteiger partial charge >= 0.3 is 51.4 Å². The molecule has 1 N–H and O–H groups in total. The van der Waals surface area contributed by atoms with Gasteiger partial charge in [-0.25, -0.2) is 0 Å². The van der Waals surface area contributed by atoms with Gasteiger partial charge in [-0.15, -0.1) is 0 Å². The Labute approximate surface area is 87.1 Å². The maximum Gasteiger partial charge on any atom is 1.00 e. The van der Waals surface area contributed by atoms with E-state index in [4.69, 9.17) is 4.55 Å². The number of rotatable bonds is 1. The van der Waals surface area contributed by atoms with Crippen molar-refractivity contribution in [1.82, 2.24) is 0 Å². The second kappa shape index (κ2) is 4.43. The summed E-state index contributed by atoms with van der Waals surface area (Å²) in [6.45, 7) is 1.37. The van der Waals surface area contributed by atoms with E-state index in [9.17, 15) is 8.42 Å². The van der Waals surface area contributed by atoms with E-state index in [-0.39, 0.29) is 58.6 Å². The SMILES string of the molecule is CCS(=O)(=O)O.[H-].[K+]. The second-order valence-electron chi connectivity index (χ2n) is 0.871. The van der Waals surface area contributed by atoms with Gasteiger partial charge in [-0.05, 0) is 6.92 Å². The second-order valence-corrected chi connectivity index (χ2v) is 2.61. The Morgan fingerprint density at radius 1 is 1.71 bits per heavy atom. The first-order valence-corrected chi connectivity index (χ1v) is 3.12. The molecule has 0 atom stereocenters. The summed E-state index contributed by atoms with van der Waals surface area (Å²) in [5.74, 6) is -0.201. The molecule has 0 aliphatic rings. The first kappa shape index (κ1) is 11.4. The predicted molar refractivity (Wildman–Crippen MR) is 23.2 cm³/mol. The monoisotopic (exact) mass is 150 g/mol. The first-order chi connectivity index (χ1) is 2.56. The van der Waals surface area contributed by atoms with Crippen LogP contribution < -0.4 is 51.4 Å². The Hall–Kier alpha value is 1.55. The normalized spacial score (nSPS) is 10.0. The Kier molecular flexibility index (Phi) is 7.18. The van der Waals surface area contributed by atoms with Crippen LogP contribution >= 0.6 is 0 Å². The van der Waals surface area contributed by atoms with E-state index >= 15 is 0 Å². The van der Waals surface area contributed by atoms with Crippen molar-refractivity contribution in [2.45, 2.75) is 6.92 Å². The Balaban J connectivity index is -0.000000125. The smallest absolute Gasteiger partial charge is 1.00 e. The minimum atomic E-state index is -3.66. The molecule has 0 aromatic carbocycles. The Morgan fingerprint density at radius 3 is 1.86 bits per heavy atom. The van der Waals surface area contributed by atoms with Crippen molar-refractivity contribution < 1.29 is 65.8 Å². The fraction of sp³-hybridized carbons (Fsp3) is 1.00. The third-order valence-electron chi connectivity index (χ3n) is 0.365. The molecule has 0 spiro atoms. The van der Waals surface area contributed by atoms with Crippen LogP contribution in [0.1, 0.15) is 8.35 Å². The van der Waals surface area contributed by atoms with Crippen molar-refractivity contribution in [2.75, 3.05) is 5.75 Å². The minimum Gasteiger partial charge on any atom is -1.00 e. The molecule has 0 rings (SSSR count). The molecule has 0 amide bonds. The third-order valence-corrected chi connectivity index (χ3v) is 1.09. The summed E-state index contributed by atoms with van der Waals surface area (Å²) < 4.78 is 26.9. The number of hydrogen-bond acceptors (Lipinski definition) is 2. The summed E-state index contributed by atoms with van der Waals surface area (Å²) >= 11 is 0. The minimum absolute atomic E-state index is 0. The summed E-state index contributed by atoms with van der Waals surface area (Å²) in [5.41, 5.74) is 0. The van der Waals surface area contributed by atoms with Crippen LogP contribution in [0.3, 0.4) is 0 Å². The van der Waals surface area contributed by atoms with Gasteiger partial charge < -0.3 is 1.43 Å². The topological polar surface area (TPSA) is 54.4 Å². The summed E-state index contributed by atoms with van der Waals surface area (Å²) in [6.07, 6.45) is 0. The zero-order valence-corrected chi connectivity index (χ0v) is 8.32. The molecule has 0 saturated heterocycles. The van der Waals surface area contributed by atoms with Gasteiger partial charge in [-0.1, -0.05) is 0 Å². The van der Waals surface area contributed by atoms with Gasteiger partial charge in [0.25, 0.3) is 10.1 Å². The van der Waals surface area contributed by atoms with Gasteiger partial charge in [0.2, 0.25) is 0 Å². The van der Waals surface area contributed by atoms with Crippen LogP contribution in [-0.4, -0.2) is 18.7 Å². The molecule has 0 heterocycles. The van der Waals surface area contributed by atoms with Crippen LogP contribution in [-0.2, 0) is 10.1 Å². The van der Waals surface area contributed by atoms with E-state index in [1.807, 2.05) is 0 Å². The van der Waals surface area contributed by atoms with E-state index in [2.05, 4.69) is 0 Å². The fourth-order valence-electron chi connectivity index (χ4n) is 0. The van der Waals surface area contributed by atoms with Crippen molar-refractivity contribution in [1.29, 1.82) is 0 Å². The van der Waals surface area contributed by atoms with Gasteiger partial charge in [-0.3, -0.25) is 4.55 Å². The molecular weight excluding hydrogens is 143 g/mol. The molecule has 0 aromatic rings. The van der Waals surface area contributed by atoms with Crippen molar-refractivity contribution in [3.63, 3.8) is 0 Å². The standard InChI is InChI=1S/C2H6O3S.K.H/c1-2-6(3,4)5;;/h2H2,1H3,(H,3,4,5);;/q;+1;-1. The molecule has 3 nitrogen and oxygen atoms in total. The molecule has 40 valence electrons. The van der Waals surface area contributed by atoms with Gasteiger partial charge in [0, 0.05) is 0 Å². The maximum absolute atomic E-state index is 9.56. The van der Waals surface area contributed by atoms with Crippen LogP contribution in [0.25, 0.3) is 0 Å². The fourth-order valence-corrected chi connectivity index (χ4v) is 0. The van der Waals surface area contributed by atoms with Crippen LogP contribution in [0.4, 0.5) is 0 Å². The average Bonchev–Trinajstić information content (AvgIpc) is 1.35. The van der Waals surface area contributed by atoms with E-state index in [0.29, 0.717) is 0 Å². The number of hydrogen-bond donors (Lipinski definition) is 1. The average molecular weight is 150 g/mol. The summed E-state index contributed by atoms with van der Waals surface area (Å²) in [4.78, 5) is 0. The predicted octanol–water partition coefficient (Wildman–Crippen LogP) is -2.99. The van der Waals surface area contributed by atoms with Crippen molar-refractivity contribution in [3.8, 4) is 0 Å². The molecule has 0 unspecified atom stereocenters. The molecule has 0 fully saturated rings. The van der Waals surface area contributed by atoms with Gasteiger partial charge in [-0.2, -0.15) is 8.42 Å². The van der Waals surface area contributed by atoms with Crippen LogP contribution in [0, 0.1) is 0 Å². The van der Waals surface area contributed by atoms with E-state index in [0.717, 1.165) is 0 Å². The van der Waals surface area contributed by atoms with Crippen molar-refractivity contribution in [2.24, 2.45) is 0 Å². The zero-order chi connectivity index (χ0) is 5.21. The van der Waals surface area contributed by atoms with E-state index in [1.165, 1.54) is 6.92 Å². The van der Waals surface area contributed by atoms with E-state index < -0.39 is 10.1 Å². The zero-order valence-electron chi connectivity index (χ0n) is 5.38. The molecule has 0 aliphatic carbocycles. The largest absolute Gasteiger partial charge is 1.00 e. The quantitative estimate of drug-likeness (QED) is 0.320. The molecule has 0 bridgehead atoms.